The molecule has 0 aliphatic heterocycles. The van der Waals surface area contributed by atoms with Crippen molar-refractivity contribution in [3.05, 3.63) is 35.4 Å². The molecule has 1 aromatic carbocycles. The van der Waals surface area contributed by atoms with E-state index in [9.17, 15) is 0 Å². The van der Waals surface area contributed by atoms with Crippen LogP contribution in [-0.4, -0.2) is 0 Å². The maximum atomic E-state index is 2.41. The molecule has 162 valence electrons. The lowest BCUT2D eigenvalue weighted by Gasteiger charge is -2.45. The van der Waals surface area contributed by atoms with E-state index < -0.39 is 0 Å². The van der Waals surface area contributed by atoms with Gasteiger partial charge in [-0.25, -0.2) is 0 Å². The average molecular weight is 395 g/mol. The van der Waals surface area contributed by atoms with E-state index >= 15 is 0 Å². The predicted molar refractivity (Wildman–Crippen MR) is 126 cm³/mol. The van der Waals surface area contributed by atoms with Crippen molar-refractivity contribution < 1.29 is 0 Å². The molecule has 0 aromatic heterocycles. The minimum absolute atomic E-state index is 0.844. The molecule has 0 nitrogen and oxygen atoms in total. The maximum absolute atomic E-state index is 2.41. The van der Waals surface area contributed by atoms with Gasteiger partial charge in [0.05, 0.1) is 0 Å². The number of rotatable bonds is 7. The highest BCUT2D eigenvalue weighted by atomic mass is 14.4. The Bertz CT molecular complexity index is 591. The van der Waals surface area contributed by atoms with Gasteiger partial charge in [-0.3, -0.25) is 0 Å². The lowest BCUT2D eigenvalue weighted by molar-refractivity contribution is 0.0710. The first-order valence-corrected chi connectivity index (χ1v) is 13.3. The molecule has 4 unspecified atom stereocenters. The second-order valence-corrected chi connectivity index (χ2v) is 11.1. The average Bonchev–Trinajstić information content (AvgIpc) is 2.77. The minimum Gasteiger partial charge on any atom is -0.0654 e. The van der Waals surface area contributed by atoms with E-state index in [1.165, 1.54) is 63.4 Å². The largest absolute Gasteiger partial charge is 0.0654 e. The van der Waals surface area contributed by atoms with Gasteiger partial charge in [-0.05, 0) is 99.4 Å². The fourth-order valence-corrected chi connectivity index (χ4v) is 7.30. The molecular formula is C29H46. The van der Waals surface area contributed by atoms with Crippen LogP contribution >= 0.6 is 0 Å². The van der Waals surface area contributed by atoms with E-state index in [2.05, 4.69) is 38.1 Å². The molecule has 0 bridgehead atoms. The van der Waals surface area contributed by atoms with E-state index in [-0.39, 0.29) is 0 Å². The molecule has 0 heteroatoms. The molecule has 3 aliphatic carbocycles. The molecule has 4 rings (SSSR count). The summed E-state index contributed by atoms with van der Waals surface area (Å²) in [6.07, 6.45) is 22.7. The SMILES string of the molecule is CCCCCCC1CCC(C2CCC3CC(c4ccc(C)cc4)CCC3C2)CC1. The van der Waals surface area contributed by atoms with Crippen molar-refractivity contribution in [3.8, 4) is 0 Å². The Morgan fingerprint density at radius 1 is 0.655 bits per heavy atom. The summed E-state index contributed by atoms with van der Waals surface area (Å²) in [6, 6.07) is 9.45. The Balaban J connectivity index is 1.21. The van der Waals surface area contributed by atoms with E-state index in [1.807, 2.05) is 0 Å². The van der Waals surface area contributed by atoms with Crippen molar-refractivity contribution in [3.63, 3.8) is 0 Å². The Morgan fingerprint density at radius 3 is 2.00 bits per heavy atom. The summed E-state index contributed by atoms with van der Waals surface area (Å²) in [5.41, 5.74) is 3.02. The molecule has 4 atom stereocenters. The molecular weight excluding hydrogens is 348 g/mol. The lowest BCUT2D eigenvalue weighted by Crippen LogP contribution is -2.34. The quantitative estimate of drug-likeness (QED) is 0.404. The van der Waals surface area contributed by atoms with Crippen LogP contribution in [0.2, 0.25) is 0 Å². The van der Waals surface area contributed by atoms with E-state index in [0.717, 1.165) is 35.5 Å². The fraction of sp³-hybridized carbons (Fsp3) is 0.793. The molecule has 0 amide bonds. The number of benzene rings is 1. The van der Waals surface area contributed by atoms with Crippen molar-refractivity contribution in [2.45, 2.75) is 116 Å². The smallest absolute Gasteiger partial charge is 0.0159 e. The zero-order chi connectivity index (χ0) is 20.1. The van der Waals surface area contributed by atoms with Crippen LogP contribution in [0.15, 0.2) is 24.3 Å². The number of fused-ring (bicyclic) bond motifs is 1. The zero-order valence-electron chi connectivity index (χ0n) is 19.4. The molecule has 0 N–H and O–H groups in total. The molecule has 3 aliphatic rings. The van der Waals surface area contributed by atoms with Crippen molar-refractivity contribution >= 4 is 0 Å². The van der Waals surface area contributed by atoms with Crippen LogP contribution in [-0.2, 0) is 0 Å². The fourth-order valence-electron chi connectivity index (χ4n) is 7.30. The minimum atomic E-state index is 0.844. The summed E-state index contributed by atoms with van der Waals surface area (Å²) in [6.45, 7) is 4.54. The molecule has 0 saturated heterocycles. The summed E-state index contributed by atoms with van der Waals surface area (Å²) in [5, 5.41) is 0. The first-order valence-electron chi connectivity index (χ1n) is 13.3. The zero-order valence-corrected chi connectivity index (χ0v) is 19.4. The summed E-state index contributed by atoms with van der Waals surface area (Å²) < 4.78 is 0. The standard InChI is InChI=1S/C29H46/c1-3-4-5-6-7-23-10-14-25(15-11-23)27-17-19-28-20-26(16-18-29(28)21-27)24-12-8-22(2)9-13-24/h8-9,12-13,23,25-29H,3-7,10-11,14-21H2,1-2H3. The normalized spacial score (nSPS) is 35.2. The lowest BCUT2D eigenvalue weighted by atomic mass is 9.60. The first-order chi connectivity index (χ1) is 14.2. The third kappa shape index (κ3) is 5.68. The molecule has 0 radical (unpaired) electrons. The highest BCUT2D eigenvalue weighted by molar-refractivity contribution is 5.25. The third-order valence-corrected chi connectivity index (χ3v) is 9.23. The van der Waals surface area contributed by atoms with E-state index in [4.69, 9.17) is 0 Å². The van der Waals surface area contributed by atoms with Crippen LogP contribution in [0, 0.1) is 36.5 Å². The summed E-state index contributed by atoms with van der Waals surface area (Å²) in [5.74, 6) is 6.16. The summed E-state index contributed by atoms with van der Waals surface area (Å²) >= 11 is 0. The highest BCUT2D eigenvalue weighted by Gasteiger charge is 2.38. The first kappa shape index (κ1) is 21.5. The van der Waals surface area contributed by atoms with Crippen molar-refractivity contribution in [2.24, 2.45) is 29.6 Å². The van der Waals surface area contributed by atoms with Gasteiger partial charge < -0.3 is 0 Å². The van der Waals surface area contributed by atoms with Gasteiger partial charge in [-0.1, -0.05) is 81.7 Å². The summed E-state index contributed by atoms with van der Waals surface area (Å²) in [4.78, 5) is 0. The van der Waals surface area contributed by atoms with Crippen LogP contribution in [0.1, 0.15) is 120 Å². The Morgan fingerprint density at radius 2 is 1.28 bits per heavy atom. The van der Waals surface area contributed by atoms with E-state index in [1.54, 1.807) is 44.1 Å². The number of hydrogen-bond donors (Lipinski definition) is 0. The molecule has 1 aromatic rings. The third-order valence-electron chi connectivity index (χ3n) is 9.23. The summed E-state index contributed by atoms with van der Waals surface area (Å²) in [7, 11) is 0. The van der Waals surface area contributed by atoms with Crippen LogP contribution in [0.5, 0.6) is 0 Å². The van der Waals surface area contributed by atoms with Gasteiger partial charge in [0, 0.05) is 0 Å². The van der Waals surface area contributed by atoms with E-state index in [0.29, 0.717) is 0 Å². The Hall–Kier alpha value is -0.780. The molecule has 3 fully saturated rings. The van der Waals surface area contributed by atoms with Crippen LogP contribution < -0.4 is 0 Å². The Labute approximate surface area is 181 Å². The maximum Gasteiger partial charge on any atom is -0.0159 e. The van der Waals surface area contributed by atoms with Gasteiger partial charge in [0.15, 0.2) is 0 Å². The number of unbranched alkanes of at least 4 members (excludes halogenated alkanes) is 3. The van der Waals surface area contributed by atoms with Crippen molar-refractivity contribution in [1.82, 2.24) is 0 Å². The molecule has 0 spiro atoms. The van der Waals surface area contributed by atoms with Gasteiger partial charge in [0.25, 0.3) is 0 Å². The molecule has 29 heavy (non-hydrogen) atoms. The highest BCUT2D eigenvalue weighted by Crippen LogP contribution is 2.51. The van der Waals surface area contributed by atoms with Gasteiger partial charge in [-0.2, -0.15) is 0 Å². The van der Waals surface area contributed by atoms with Crippen molar-refractivity contribution in [1.29, 1.82) is 0 Å². The van der Waals surface area contributed by atoms with Gasteiger partial charge in [0.2, 0.25) is 0 Å². The van der Waals surface area contributed by atoms with Gasteiger partial charge >= 0.3 is 0 Å². The van der Waals surface area contributed by atoms with Gasteiger partial charge in [-0.15, -0.1) is 0 Å². The van der Waals surface area contributed by atoms with Crippen molar-refractivity contribution in [2.75, 3.05) is 0 Å². The Kier molecular flexibility index (Phi) is 7.77. The second kappa shape index (κ2) is 10.5. The molecule has 0 heterocycles. The van der Waals surface area contributed by atoms with Gasteiger partial charge in [0.1, 0.15) is 0 Å². The topological polar surface area (TPSA) is 0 Å². The number of hydrogen-bond acceptors (Lipinski definition) is 0. The van der Waals surface area contributed by atoms with Crippen LogP contribution in [0.25, 0.3) is 0 Å². The second-order valence-electron chi connectivity index (χ2n) is 11.1. The predicted octanol–water partition coefficient (Wildman–Crippen LogP) is 9.07. The number of aryl methyl sites for hydroxylation is 1. The van der Waals surface area contributed by atoms with Crippen LogP contribution in [0.4, 0.5) is 0 Å². The monoisotopic (exact) mass is 394 g/mol. The van der Waals surface area contributed by atoms with Crippen LogP contribution in [0.3, 0.4) is 0 Å². The molecule has 3 saturated carbocycles.